The molecule has 1 aliphatic heterocycles. The standard InChI is InChI=1S/C24H22N8O2S2/c1-11-9-26-15(12(2)19(11)34-3)10-32-20-18-14(31-32)8-17(35-22(18)30-23(25)28-20)21(33)29-24-27-13-6-4-5-7-16(13)36-24/h4-7,9,17H,8,10H2,1-3H3,(H2,25,28,30)(H,27,29,33). The second-order valence-electron chi connectivity index (χ2n) is 8.52. The van der Waals surface area contributed by atoms with Crippen LogP contribution in [0.15, 0.2) is 35.5 Å². The predicted molar refractivity (Wildman–Crippen MR) is 141 cm³/mol. The van der Waals surface area contributed by atoms with Gasteiger partial charge in [-0.05, 0) is 26.0 Å². The van der Waals surface area contributed by atoms with Crippen LogP contribution in [0.2, 0.25) is 0 Å². The molecule has 1 atom stereocenters. The average Bonchev–Trinajstić information content (AvgIpc) is 3.42. The molecule has 5 heterocycles. The molecule has 0 aliphatic carbocycles. The van der Waals surface area contributed by atoms with E-state index in [1.807, 2.05) is 38.1 Å². The Morgan fingerprint density at radius 2 is 2.08 bits per heavy atom. The van der Waals surface area contributed by atoms with Gasteiger partial charge in [0.15, 0.2) is 10.8 Å². The number of anilines is 2. The molecule has 0 radical (unpaired) electrons. The van der Waals surface area contributed by atoms with Crippen molar-refractivity contribution in [1.82, 2.24) is 29.7 Å². The third-order valence-electron chi connectivity index (χ3n) is 6.15. The van der Waals surface area contributed by atoms with E-state index < -0.39 is 5.25 Å². The van der Waals surface area contributed by atoms with Crippen LogP contribution in [0, 0.1) is 13.8 Å². The summed E-state index contributed by atoms with van der Waals surface area (Å²) in [6, 6.07) is 7.79. The number of nitrogens with two attached hydrogens (primary N) is 1. The lowest BCUT2D eigenvalue weighted by atomic mass is 10.1. The lowest BCUT2D eigenvalue weighted by Gasteiger charge is -2.19. The summed E-state index contributed by atoms with van der Waals surface area (Å²) >= 11 is 2.82. The Hall–Kier alpha value is -3.77. The Kier molecular flexibility index (Phi) is 5.49. The lowest BCUT2D eigenvalue weighted by Crippen LogP contribution is -2.29. The summed E-state index contributed by atoms with van der Waals surface area (Å²) in [5.74, 6) is 0.791. The first-order valence-corrected chi connectivity index (χ1v) is 13.0. The fraction of sp³-hybridized carbons (Fsp3) is 0.250. The smallest absolute Gasteiger partial charge is 0.240 e. The van der Waals surface area contributed by atoms with Crippen molar-refractivity contribution in [2.24, 2.45) is 0 Å². The number of thiazole rings is 1. The Labute approximate surface area is 214 Å². The fourth-order valence-electron chi connectivity index (χ4n) is 4.45. The number of amides is 1. The van der Waals surface area contributed by atoms with Crippen molar-refractivity contribution in [2.45, 2.75) is 37.1 Å². The van der Waals surface area contributed by atoms with Crippen molar-refractivity contribution < 1.29 is 9.53 Å². The number of aromatic nitrogens is 6. The van der Waals surface area contributed by atoms with Crippen molar-refractivity contribution in [3.05, 3.63) is 53.0 Å². The van der Waals surface area contributed by atoms with Gasteiger partial charge in [-0.3, -0.25) is 9.78 Å². The van der Waals surface area contributed by atoms with Gasteiger partial charge in [-0.2, -0.15) is 10.1 Å². The van der Waals surface area contributed by atoms with E-state index in [9.17, 15) is 4.79 Å². The first-order valence-electron chi connectivity index (χ1n) is 11.3. The van der Waals surface area contributed by atoms with Crippen molar-refractivity contribution in [3.8, 4) is 5.75 Å². The molecule has 12 heteroatoms. The largest absolute Gasteiger partial charge is 0.496 e. The van der Waals surface area contributed by atoms with Gasteiger partial charge in [-0.25, -0.2) is 14.6 Å². The van der Waals surface area contributed by atoms with Gasteiger partial charge in [0.05, 0.1) is 45.9 Å². The number of nitrogens with one attached hydrogen (secondary N) is 1. The van der Waals surface area contributed by atoms with Gasteiger partial charge in [0.1, 0.15) is 10.8 Å². The molecule has 1 unspecified atom stereocenters. The van der Waals surface area contributed by atoms with Crippen LogP contribution < -0.4 is 15.8 Å². The molecular weight excluding hydrogens is 496 g/mol. The second-order valence-corrected chi connectivity index (χ2v) is 10.7. The number of nitrogen functional groups attached to an aromatic ring is 1. The number of fused-ring (bicyclic) bond motifs is 1. The monoisotopic (exact) mass is 518 g/mol. The molecule has 0 fully saturated rings. The van der Waals surface area contributed by atoms with Crippen LogP contribution in [-0.2, 0) is 17.8 Å². The molecule has 10 nitrogen and oxygen atoms in total. The number of benzene rings is 1. The number of carbonyl (C=O) groups is 1. The molecule has 1 amide bonds. The highest BCUT2D eigenvalue weighted by atomic mass is 32.2. The highest BCUT2D eigenvalue weighted by Gasteiger charge is 2.32. The molecule has 5 aromatic rings. The molecule has 0 saturated carbocycles. The highest BCUT2D eigenvalue weighted by molar-refractivity contribution is 8.00. The first-order chi connectivity index (χ1) is 17.4. The van der Waals surface area contributed by atoms with Crippen LogP contribution in [0.1, 0.15) is 22.5 Å². The van der Waals surface area contributed by atoms with E-state index in [-0.39, 0.29) is 11.9 Å². The number of methoxy groups -OCH3 is 1. The van der Waals surface area contributed by atoms with E-state index >= 15 is 0 Å². The van der Waals surface area contributed by atoms with Crippen molar-refractivity contribution >= 4 is 61.3 Å². The molecule has 1 aromatic carbocycles. The number of pyridine rings is 1. The summed E-state index contributed by atoms with van der Waals surface area (Å²) in [5.41, 5.74) is 11.0. The minimum Gasteiger partial charge on any atom is -0.496 e. The zero-order chi connectivity index (χ0) is 25.0. The summed E-state index contributed by atoms with van der Waals surface area (Å²) in [4.78, 5) is 31.2. The molecule has 0 spiro atoms. The SMILES string of the molecule is COc1c(C)cnc(Cn2nc3c4c(nc(N)nc42)SC(C(=O)Nc2nc4ccccc4s2)C3)c1C. The number of ether oxygens (including phenoxy) is 1. The fourth-order valence-corrected chi connectivity index (χ4v) is 6.47. The van der Waals surface area contributed by atoms with E-state index in [2.05, 4.69) is 25.3 Å². The summed E-state index contributed by atoms with van der Waals surface area (Å²) in [6.45, 7) is 4.33. The van der Waals surface area contributed by atoms with Gasteiger partial charge in [-0.15, -0.1) is 0 Å². The molecule has 182 valence electrons. The summed E-state index contributed by atoms with van der Waals surface area (Å²) in [6.07, 6.45) is 2.23. The van der Waals surface area contributed by atoms with Gasteiger partial charge in [0.25, 0.3) is 0 Å². The first kappa shape index (κ1) is 22.7. The van der Waals surface area contributed by atoms with E-state index in [0.717, 1.165) is 43.9 Å². The lowest BCUT2D eigenvalue weighted by molar-refractivity contribution is -0.115. The number of rotatable bonds is 5. The van der Waals surface area contributed by atoms with Gasteiger partial charge in [-0.1, -0.05) is 35.2 Å². The van der Waals surface area contributed by atoms with Gasteiger partial charge in [0, 0.05) is 23.7 Å². The highest BCUT2D eigenvalue weighted by Crippen LogP contribution is 2.39. The van der Waals surface area contributed by atoms with Gasteiger partial charge in [0.2, 0.25) is 11.9 Å². The number of thioether (sulfide) groups is 1. The number of hydrogen-bond donors (Lipinski definition) is 2. The Bertz CT molecular complexity index is 1630. The molecule has 36 heavy (non-hydrogen) atoms. The van der Waals surface area contributed by atoms with E-state index in [0.29, 0.717) is 28.8 Å². The van der Waals surface area contributed by atoms with Crippen molar-refractivity contribution in [1.29, 1.82) is 0 Å². The normalized spacial score (nSPS) is 14.9. The molecule has 6 rings (SSSR count). The maximum Gasteiger partial charge on any atom is 0.240 e. The molecular formula is C24H22N8O2S2. The minimum absolute atomic E-state index is 0.135. The zero-order valence-electron chi connectivity index (χ0n) is 19.8. The van der Waals surface area contributed by atoms with Gasteiger partial charge < -0.3 is 15.8 Å². The third-order valence-corrected chi connectivity index (χ3v) is 8.28. The quantitative estimate of drug-likeness (QED) is 0.334. The summed E-state index contributed by atoms with van der Waals surface area (Å²) < 4.78 is 8.36. The van der Waals surface area contributed by atoms with E-state index in [1.165, 1.54) is 23.1 Å². The van der Waals surface area contributed by atoms with Crippen molar-refractivity contribution in [2.75, 3.05) is 18.2 Å². The molecule has 1 aliphatic rings. The number of para-hydroxylation sites is 1. The van der Waals surface area contributed by atoms with Gasteiger partial charge >= 0.3 is 0 Å². The van der Waals surface area contributed by atoms with Crippen LogP contribution in [0.25, 0.3) is 21.3 Å². The van der Waals surface area contributed by atoms with Crippen LogP contribution in [0.5, 0.6) is 5.75 Å². The van der Waals surface area contributed by atoms with Crippen LogP contribution in [0.3, 0.4) is 0 Å². The molecule has 4 aromatic heterocycles. The van der Waals surface area contributed by atoms with Crippen LogP contribution in [-0.4, -0.2) is 48.0 Å². The number of aryl methyl sites for hydroxylation is 1. The second kappa shape index (κ2) is 8.71. The zero-order valence-corrected chi connectivity index (χ0v) is 21.4. The molecule has 0 saturated heterocycles. The van der Waals surface area contributed by atoms with Crippen LogP contribution in [0.4, 0.5) is 11.1 Å². The Morgan fingerprint density at radius 3 is 2.89 bits per heavy atom. The predicted octanol–water partition coefficient (Wildman–Crippen LogP) is 3.74. The molecule has 0 bridgehead atoms. The number of hydrogen-bond acceptors (Lipinski definition) is 10. The maximum absolute atomic E-state index is 13.2. The van der Waals surface area contributed by atoms with E-state index in [1.54, 1.807) is 18.0 Å². The maximum atomic E-state index is 13.2. The van der Waals surface area contributed by atoms with Crippen molar-refractivity contribution in [3.63, 3.8) is 0 Å². The summed E-state index contributed by atoms with van der Waals surface area (Å²) in [5, 5.41) is 9.41. The number of nitrogens with zero attached hydrogens (tertiary/aromatic N) is 6. The minimum atomic E-state index is -0.426. The average molecular weight is 519 g/mol. The van der Waals surface area contributed by atoms with E-state index in [4.69, 9.17) is 15.6 Å². The Balaban J connectivity index is 1.31. The number of carbonyl (C=O) groups excluding carboxylic acids is 1. The molecule has 3 N–H and O–H groups in total. The summed E-state index contributed by atoms with van der Waals surface area (Å²) in [7, 11) is 1.65. The topological polar surface area (TPSA) is 134 Å². The Morgan fingerprint density at radius 1 is 1.25 bits per heavy atom. The third kappa shape index (κ3) is 3.82. The van der Waals surface area contributed by atoms with Crippen LogP contribution >= 0.6 is 23.1 Å².